The van der Waals surface area contributed by atoms with Crippen LogP contribution in [0.4, 0.5) is 0 Å². The molecule has 0 aliphatic carbocycles. The Morgan fingerprint density at radius 3 is 2.63 bits per heavy atom. The summed E-state index contributed by atoms with van der Waals surface area (Å²) in [6.07, 6.45) is 7.68. The molecule has 2 heteroatoms. The van der Waals surface area contributed by atoms with E-state index in [-0.39, 0.29) is 0 Å². The third-order valence-corrected chi connectivity index (χ3v) is 3.10. The Hall–Kier alpha value is -1.46. The molecule has 0 amide bonds. The van der Waals surface area contributed by atoms with Crippen molar-refractivity contribution in [2.24, 2.45) is 5.92 Å². The van der Waals surface area contributed by atoms with Crippen molar-refractivity contribution in [3.8, 4) is 18.1 Å². The van der Waals surface area contributed by atoms with E-state index in [1.807, 2.05) is 18.2 Å². The maximum atomic E-state index is 5.54. The quantitative estimate of drug-likeness (QED) is 0.720. The Labute approximate surface area is 117 Å². The summed E-state index contributed by atoms with van der Waals surface area (Å²) in [5.74, 6) is 4.14. The summed E-state index contributed by atoms with van der Waals surface area (Å²) in [5.41, 5.74) is 1.16. The third-order valence-electron chi connectivity index (χ3n) is 3.10. The van der Waals surface area contributed by atoms with Gasteiger partial charge in [-0.1, -0.05) is 38.0 Å². The van der Waals surface area contributed by atoms with E-state index < -0.39 is 0 Å². The van der Waals surface area contributed by atoms with Gasteiger partial charge < -0.3 is 10.1 Å². The Kier molecular flexibility index (Phi) is 7.07. The molecule has 1 atom stereocenters. The number of rotatable bonds is 8. The lowest BCUT2D eigenvalue weighted by Crippen LogP contribution is -2.26. The van der Waals surface area contributed by atoms with Gasteiger partial charge in [-0.25, -0.2) is 0 Å². The van der Waals surface area contributed by atoms with Gasteiger partial charge in [0, 0.05) is 18.2 Å². The number of para-hydroxylation sites is 1. The smallest absolute Gasteiger partial charge is 0.148 e. The van der Waals surface area contributed by atoms with Crippen molar-refractivity contribution in [2.75, 3.05) is 6.61 Å². The lowest BCUT2D eigenvalue weighted by molar-refractivity contribution is 0.362. The summed E-state index contributed by atoms with van der Waals surface area (Å²) in [7, 11) is 0. The molecule has 2 nitrogen and oxygen atoms in total. The molecule has 19 heavy (non-hydrogen) atoms. The lowest BCUT2D eigenvalue weighted by atomic mass is 10.0. The third kappa shape index (κ3) is 6.31. The molecule has 0 radical (unpaired) electrons. The van der Waals surface area contributed by atoms with Gasteiger partial charge in [0.15, 0.2) is 0 Å². The number of hydrogen-bond donors (Lipinski definition) is 1. The first kappa shape index (κ1) is 15.6. The minimum atomic E-state index is 0.319. The van der Waals surface area contributed by atoms with E-state index in [2.05, 4.69) is 38.1 Å². The van der Waals surface area contributed by atoms with Gasteiger partial charge in [0.05, 0.1) is 0 Å². The van der Waals surface area contributed by atoms with Gasteiger partial charge in [-0.2, -0.15) is 0 Å². The van der Waals surface area contributed by atoms with Gasteiger partial charge in [-0.3, -0.25) is 0 Å². The number of nitrogens with one attached hydrogen (secondary N) is 1. The molecule has 0 saturated heterocycles. The fourth-order valence-corrected chi connectivity index (χ4v) is 1.88. The SMILES string of the molecule is C#CCOc1ccccc1CNC(C)CCC(C)C. The van der Waals surface area contributed by atoms with Crippen LogP contribution in [0.5, 0.6) is 5.75 Å². The first-order valence-electron chi connectivity index (χ1n) is 7.01. The predicted molar refractivity (Wildman–Crippen MR) is 81.1 cm³/mol. The van der Waals surface area contributed by atoms with E-state index in [0.29, 0.717) is 12.6 Å². The highest BCUT2D eigenvalue weighted by molar-refractivity contribution is 5.33. The van der Waals surface area contributed by atoms with Gasteiger partial charge >= 0.3 is 0 Å². The minimum absolute atomic E-state index is 0.319. The predicted octanol–water partition coefficient (Wildman–Crippen LogP) is 3.61. The van der Waals surface area contributed by atoms with E-state index in [0.717, 1.165) is 23.8 Å². The fraction of sp³-hybridized carbons (Fsp3) is 0.529. The van der Waals surface area contributed by atoms with Crippen molar-refractivity contribution in [3.05, 3.63) is 29.8 Å². The van der Waals surface area contributed by atoms with Crippen LogP contribution in [0.1, 0.15) is 39.2 Å². The number of hydrogen-bond acceptors (Lipinski definition) is 2. The summed E-state index contributed by atoms with van der Waals surface area (Å²) in [5, 5.41) is 3.54. The Morgan fingerprint density at radius 2 is 1.95 bits per heavy atom. The molecule has 0 aliphatic rings. The Morgan fingerprint density at radius 1 is 1.21 bits per heavy atom. The monoisotopic (exact) mass is 259 g/mol. The van der Waals surface area contributed by atoms with Gasteiger partial charge in [-0.05, 0) is 31.7 Å². The molecule has 1 N–H and O–H groups in total. The van der Waals surface area contributed by atoms with Crippen LogP contribution in [0.25, 0.3) is 0 Å². The molecular weight excluding hydrogens is 234 g/mol. The van der Waals surface area contributed by atoms with Crippen molar-refractivity contribution in [1.82, 2.24) is 5.32 Å². The van der Waals surface area contributed by atoms with Crippen LogP contribution in [0.3, 0.4) is 0 Å². The molecule has 104 valence electrons. The molecule has 0 fully saturated rings. The van der Waals surface area contributed by atoms with Crippen LogP contribution in [0, 0.1) is 18.3 Å². The summed E-state index contributed by atoms with van der Waals surface area (Å²) in [4.78, 5) is 0. The molecule has 1 aromatic rings. The maximum absolute atomic E-state index is 5.54. The van der Waals surface area contributed by atoms with Gasteiger partial charge in [0.1, 0.15) is 12.4 Å². The van der Waals surface area contributed by atoms with Crippen LogP contribution >= 0.6 is 0 Å². The number of benzene rings is 1. The van der Waals surface area contributed by atoms with Crippen molar-refractivity contribution in [2.45, 2.75) is 46.2 Å². The zero-order valence-electron chi connectivity index (χ0n) is 12.3. The molecule has 0 bridgehead atoms. The molecular formula is C17H25NO. The number of ether oxygens (including phenoxy) is 1. The van der Waals surface area contributed by atoms with Crippen LogP contribution in [0.15, 0.2) is 24.3 Å². The molecule has 0 aromatic heterocycles. The normalized spacial score (nSPS) is 12.2. The van der Waals surface area contributed by atoms with Gasteiger partial charge in [0.2, 0.25) is 0 Å². The van der Waals surface area contributed by atoms with E-state index in [1.165, 1.54) is 12.8 Å². The first-order chi connectivity index (χ1) is 9.13. The largest absolute Gasteiger partial charge is 0.481 e. The van der Waals surface area contributed by atoms with Crippen molar-refractivity contribution in [3.63, 3.8) is 0 Å². The maximum Gasteiger partial charge on any atom is 0.148 e. The molecule has 1 rings (SSSR count). The van der Waals surface area contributed by atoms with Crippen LogP contribution in [-0.4, -0.2) is 12.6 Å². The van der Waals surface area contributed by atoms with E-state index in [1.54, 1.807) is 0 Å². The van der Waals surface area contributed by atoms with E-state index in [9.17, 15) is 0 Å². The Bertz CT molecular complexity index is 406. The molecule has 0 spiro atoms. The molecule has 1 aromatic carbocycles. The molecule has 0 saturated carbocycles. The minimum Gasteiger partial charge on any atom is -0.481 e. The number of terminal acetylenes is 1. The highest BCUT2D eigenvalue weighted by Gasteiger charge is 2.06. The van der Waals surface area contributed by atoms with E-state index in [4.69, 9.17) is 11.2 Å². The zero-order valence-corrected chi connectivity index (χ0v) is 12.3. The van der Waals surface area contributed by atoms with Crippen molar-refractivity contribution >= 4 is 0 Å². The highest BCUT2D eigenvalue weighted by Crippen LogP contribution is 2.18. The van der Waals surface area contributed by atoms with Gasteiger partial charge in [0.25, 0.3) is 0 Å². The summed E-state index contributed by atoms with van der Waals surface area (Å²) < 4.78 is 5.54. The van der Waals surface area contributed by atoms with Crippen LogP contribution < -0.4 is 10.1 Å². The van der Waals surface area contributed by atoms with Crippen LogP contribution in [-0.2, 0) is 6.54 Å². The topological polar surface area (TPSA) is 21.3 Å². The zero-order chi connectivity index (χ0) is 14.1. The second kappa shape index (κ2) is 8.61. The summed E-state index contributed by atoms with van der Waals surface area (Å²) >= 11 is 0. The molecule has 0 aliphatic heterocycles. The average Bonchev–Trinajstić information content (AvgIpc) is 2.41. The summed E-state index contributed by atoms with van der Waals surface area (Å²) in [6.45, 7) is 7.89. The molecule has 0 heterocycles. The fourth-order valence-electron chi connectivity index (χ4n) is 1.88. The van der Waals surface area contributed by atoms with E-state index >= 15 is 0 Å². The first-order valence-corrected chi connectivity index (χ1v) is 7.01. The Balaban J connectivity index is 2.46. The van der Waals surface area contributed by atoms with Crippen molar-refractivity contribution in [1.29, 1.82) is 0 Å². The summed E-state index contributed by atoms with van der Waals surface area (Å²) in [6, 6.07) is 8.56. The lowest BCUT2D eigenvalue weighted by Gasteiger charge is -2.16. The highest BCUT2D eigenvalue weighted by atomic mass is 16.5. The molecule has 1 unspecified atom stereocenters. The second-order valence-electron chi connectivity index (χ2n) is 5.35. The standard InChI is InChI=1S/C17H25NO/c1-5-12-19-17-9-7-6-8-16(17)13-18-15(4)11-10-14(2)3/h1,6-9,14-15,18H,10-13H2,2-4H3. The van der Waals surface area contributed by atoms with Crippen molar-refractivity contribution < 1.29 is 4.74 Å². The van der Waals surface area contributed by atoms with Gasteiger partial charge in [-0.15, -0.1) is 6.42 Å². The second-order valence-corrected chi connectivity index (χ2v) is 5.35. The average molecular weight is 259 g/mol. The van der Waals surface area contributed by atoms with Crippen LogP contribution in [0.2, 0.25) is 0 Å².